The number of benzene rings is 2. The highest BCUT2D eigenvalue weighted by atomic mass is 32.2. The average Bonchev–Trinajstić information content (AvgIpc) is 3.31. The van der Waals surface area contributed by atoms with Crippen molar-refractivity contribution in [2.75, 3.05) is 18.5 Å². The minimum atomic E-state index is -4.00. The Morgan fingerprint density at radius 2 is 1.79 bits per heavy atom. The molecule has 0 saturated carbocycles. The Morgan fingerprint density at radius 3 is 2.41 bits per heavy atom. The Kier molecular flexibility index (Phi) is 7.51. The van der Waals surface area contributed by atoms with E-state index in [0.717, 1.165) is 30.5 Å². The predicted octanol–water partition coefficient (Wildman–Crippen LogP) is 2.32. The van der Waals surface area contributed by atoms with Gasteiger partial charge >= 0.3 is 5.97 Å². The number of esters is 1. The highest BCUT2D eigenvalue weighted by Gasteiger charge is 2.22. The van der Waals surface area contributed by atoms with Crippen molar-refractivity contribution >= 4 is 43.9 Å². The molecule has 0 saturated heterocycles. The highest BCUT2D eigenvalue weighted by Crippen LogP contribution is 2.29. The number of ether oxygens (including phenoxy) is 2. The SMILES string of the molecule is N#Cc1ccc(OCC(=O)OCC(=O)Nc2ncc(S(=O)(=O)c3ccc([N+](=O)[O-])cc3)s2)cc1. The van der Waals surface area contributed by atoms with Crippen molar-refractivity contribution in [3.8, 4) is 11.8 Å². The summed E-state index contributed by atoms with van der Waals surface area (Å²) >= 11 is 0.665. The van der Waals surface area contributed by atoms with Crippen LogP contribution in [-0.4, -0.2) is 43.4 Å². The van der Waals surface area contributed by atoms with Crippen LogP contribution >= 0.6 is 11.3 Å². The van der Waals surface area contributed by atoms with E-state index in [1.165, 1.54) is 24.3 Å². The lowest BCUT2D eigenvalue weighted by Gasteiger charge is -2.07. The number of nitro benzene ring substituents is 1. The Morgan fingerprint density at radius 1 is 1.12 bits per heavy atom. The Hall–Kier alpha value is -4.35. The number of nitrogens with zero attached hydrogens (tertiary/aromatic N) is 3. The summed E-state index contributed by atoms with van der Waals surface area (Å²) < 4.78 is 35.1. The molecule has 1 heterocycles. The summed E-state index contributed by atoms with van der Waals surface area (Å²) in [6, 6.07) is 12.3. The normalized spacial score (nSPS) is 10.7. The molecule has 12 nitrogen and oxygen atoms in total. The zero-order chi connectivity index (χ0) is 24.7. The number of nitriles is 1. The van der Waals surface area contributed by atoms with E-state index in [9.17, 15) is 28.1 Å². The van der Waals surface area contributed by atoms with Gasteiger partial charge in [0.15, 0.2) is 18.3 Å². The second-order valence-electron chi connectivity index (χ2n) is 6.37. The number of nitro groups is 1. The fourth-order valence-electron chi connectivity index (χ4n) is 2.42. The van der Waals surface area contributed by atoms with Gasteiger partial charge in [0, 0.05) is 12.1 Å². The van der Waals surface area contributed by atoms with Gasteiger partial charge in [-0.25, -0.2) is 18.2 Å². The maximum Gasteiger partial charge on any atom is 0.344 e. The first kappa shape index (κ1) is 24.3. The Balaban J connectivity index is 1.51. The summed E-state index contributed by atoms with van der Waals surface area (Å²) in [6.07, 6.45) is 1.04. The van der Waals surface area contributed by atoms with Gasteiger partial charge in [-0.3, -0.25) is 20.2 Å². The zero-order valence-corrected chi connectivity index (χ0v) is 18.7. The lowest BCUT2D eigenvalue weighted by atomic mass is 10.2. The standard InChI is InChI=1S/C20H14N4O8S2/c21-9-13-1-5-15(6-2-13)31-12-18(26)32-11-17(25)23-20-22-10-19(33-20)34(29,30)16-7-3-14(4-8-16)24(27)28/h1-8,10H,11-12H2,(H,22,23,25). The van der Waals surface area contributed by atoms with Crippen LogP contribution in [-0.2, 0) is 24.2 Å². The van der Waals surface area contributed by atoms with Crippen LogP contribution in [0.1, 0.15) is 5.56 Å². The first-order chi connectivity index (χ1) is 16.2. The van der Waals surface area contributed by atoms with Gasteiger partial charge in [-0.1, -0.05) is 11.3 Å². The first-order valence-corrected chi connectivity index (χ1v) is 11.5. The van der Waals surface area contributed by atoms with Gasteiger partial charge in [-0.2, -0.15) is 5.26 Å². The largest absolute Gasteiger partial charge is 0.482 e. The second-order valence-corrected chi connectivity index (χ2v) is 9.58. The summed E-state index contributed by atoms with van der Waals surface area (Å²) in [4.78, 5) is 37.4. The summed E-state index contributed by atoms with van der Waals surface area (Å²) in [5.41, 5.74) is 0.172. The minimum absolute atomic E-state index is 0.0460. The van der Waals surface area contributed by atoms with Crippen molar-refractivity contribution in [1.29, 1.82) is 5.26 Å². The molecule has 0 spiro atoms. The third-order valence-electron chi connectivity index (χ3n) is 4.06. The van der Waals surface area contributed by atoms with E-state index >= 15 is 0 Å². The Labute approximate surface area is 196 Å². The maximum atomic E-state index is 12.6. The number of carbonyl (C=O) groups is 2. The summed E-state index contributed by atoms with van der Waals surface area (Å²) in [7, 11) is -4.00. The van der Waals surface area contributed by atoms with E-state index in [1.54, 1.807) is 0 Å². The van der Waals surface area contributed by atoms with Crippen molar-refractivity contribution in [3.05, 3.63) is 70.4 Å². The molecule has 0 radical (unpaired) electrons. The number of hydrogen-bond donors (Lipinski definition) is 1. The fourth-order valence-corrected chi connectivity index (χ4v) is 4.86. The molecule has 0 aliphatic heterocycles. The van der Waals surface area contributed by atoms with E-state index in [1.807, 2.05) is 6.07 Å². The number of anilines is 1. The number of nitrogens with one attached hydrogen (secondary N) is 1. The van der Waals surface area contributed by atoms with Gasteiger partial charge in [-0.05, 0) is 36.4 Å². The number of rotatable bonds is 9. The first-order valence-electron chi connectivity index (χ1n) is 9.23. The van der Waals surface area contributed by atoms with Crippen molar-refractivity contribution in [2.24, 2.45) is 0 Å². The van der Waals surface area contributed by atoms with Crippen LogP contribution in [0.5, 0.6) is 5.75 Å². The quantitative estimate of drug-likeness (QED) is 0.259. The van der Waals surface area contributed by atoms with E-state index < -0.39 is 39.9 Å². The summed E-state index contributed by atoms with van der Waals surface area (Å²) in [5, 5.41) is 21.7. The van der Waals surface area contributed by atoms with Crippen molar-refractivity contribution in [2.45, 2.75) is 9.10 Å². The third kappa shape index (κ3) is 6.12. The number of non-ortho nitro benzene ring substituents is 1. The molecular formula is C20H14N4O8S2. The smallest absolute Gasteiger partial charge is 0.344 e. The fraction of sp³-hybridized carbons (Fsp3) is 0.100. The van der Waals surface area contributed by atoms with E-state index in [4.69, 9.17) is 14.7 Å². The molecule has 0 unspecified atom stereocenters. The molecule has 1 aromatic heterocycles. The molecule has 174 valence electrons. The minimum Gasteiger partial charge on any atom is -0.482 e. The van der Waals surface area contributed by atoms with Crippen LogP contribution in [0.25, 0.3) is 0 Å². The molecule has 1 amide bonds. The summed E-state index contributed by atoms with van der Waals surface area (Å²) in [5.74, 6) is -1.23. The number of hydrogen-bond acceptors (Lipinski definition) is 11. The number of aromatic nitrogens is 1. The molecule has 14 heteroatoms. The van der Waals surface area contributed by atoms with Gasteiger partial charge in [-0.15, -0.1) is 0 Å². The molecule has 2 aromatic carbocycles. The van der Waals surface area contributed by atoms with Gasteiger partial charge in [0.2, 0.25) is 9.84 Å². The van der Waals surface area contributed by atoms with E-state index in [-0.39, 0.29) is 19.9 Å². The van der Waals surface area contributed by atoms with Crippen molar-refractivity contribution < 1.29 is 32.4 Å². The maximum absolute atomic E-state index is 12.6. The molecule has 3 rings (SSSR count). The number of sulfone groups is 1. The molecule has 3 aromatic rings. The van der Waals surface area contributed by atoms with Crippen LogP contribution in [0.3, 0.4) is 0 Å². The average molecular weight is 502 g/mol. The Bertz CT molecular complexity index is 1360. The molecule has 34 heavy (non-hydrogen) atoms. The molecule has 0 aliphatic rings. The lowest BCUT2D eigenvalue weighted by molar-refractivity contribution is -0.384. The topological polar surface area (TPSA) is 179 Å². The van der Waals surface area contributed by atoms with Crippen LogP contribution < -0.4 is 10.1 Å². The van der Waals surface area contributed by atoms with Crippen LogP contribution in [0, 0.1) is 21.4 Å². The number of carbonyl (C=O) groups excluding carboxylic acids is 2. The summed E-state index contributed by atoms with van der Waals surface area (Å²) in [6.45, 7) is -1.12. The van der Waals surface area contributed by atoms with E-state index in [0.29, 0.717) is 22.6 Å². The van der Waals surface area contributed by atoms with Crippen LogP contribution in [0.15, 0.2) is 63.8 Å². The van der Waals surface area contributed by atoms with Gasteiger partial charge < -0.3 is 9.47 Å². The van der Waals surface area contributed by atoms with Gasteiger partial charge in [0.1, 0.15) is 9.96 Å². The van der Waals surface area contributed by atoms with Crippen LogP contribution in [0.4, 0.5) is 10.8 Å². The molecule has 0 atom stereocenters. The second kappa shape index (κ2) is 10.5. The van der Waals surface area contributed by atoms with Gasteiger partial charge in [0.25, 0.3) is 11.6 Å². The number of thiazole rings is 1. The third-order valence-corrected chi connectivity index (χ3v) is 7.20. The molecular weight excluding hydrogens is 488 g/mol. The highest BCUT2D eigenvalue weighted by molar-refractivity contribution is 7.93. The number of amides is 1. The zero-order valence-electron chi connectivity index (χ0n) is 17.0. The van der Waals surface area contributed by atoms with Crippen molar-refractivity contribution in [1.82, 2.24) is 4.98 Å². The molecule has 0 aliphatic carbocycles. The van der Waals surface area contributed by atoms with E-state index in [2.05, 4.69) is 10.3 Å². The lowest BCUT2D eigenvalue weighted by Crippen LogP contribution is -2.23. The molecule has 1 N–H and O–H groups in total. The van der Waals surface area contributed by atoms with Crippen LogP contribution in [0.2, 0.25) is 0 Å². The predicted molar refractivity (Wildman–Crippen MR) is 117 cm³/mol. The molecule has 0 bridgehead atoms. The van der Waals surface area contributed by atoms with Gasteiger partial charge in [0.05, 0.1) is 27.6 Å². The molecule has 0 fully saturated rings. The van der Waals surface area contributed by atoms with Crippen molar-refractivity contribution in [3.63, 3.8) is 0 Å². The monoisotopic (exact) mass is 502 g/mol.